The van der Waals surface area contributed by atoms with Crippen LogP contribution in [-0.4, -0.2) is 40.3 Å². The van der Waals surface area contributed by atoms with E-state index < -0.39 is 17.7 Å². The summed E-state index contributed by atoms with van der Waals surface area (Å²) >= 11 is 13.7. The van der Waals surface area contributed by atoms with Crippen LogP contribution in [0.3, 0.4) is 0 Å². The van der Waals surface area contributed by atoms with Gasteiger partial charge in [0, 0.05) is 39.1 Å². The SMILES string of the molecule is COc1ccc2[nH]cc(CCN3C(=O)C(=O)/C(=C(\O)c4ccc(Cl)cc4Cl)C3c3cccs3)c2c1. The lowest BCUT2D eigenvalue weighted by Crippen LogP contribution is -2.31. The molecule has 0 saturated carbocycles. The number of benzene rings is 2. The number of aromatic amines is 1. The number of nitrogens with one attached hydrogen (secondary N) is 1. The summed E-state index contributed by atoms with van der Waals surface area (Å²) in [6, 6.07) is 13.3. The number of nitrogens with zero attached hydrogens (tertiary/aromatic N) is 1. The molecule has 0 aliphatic carbocycles. The largest absolute Gasteiger partial charge is 0.507 e. The lowest BCUT2D eigenvalue weighted by atomic mass is 9.99. The van der Waals surface area contributed by atoms with Gasteiger partial charge in [-0.25, -0.2) is 0 Å². The number of hydrogen-bond acceptors (Lipinski definition) is 5. The van der Waals surface area contributed by atoms with Gasteiger partial charge in [-0.15, -0.1) is 11.3 Å². The van der Waals surface area contributed by atoms with E-state index in [1.165, 1.54) is 28.4 Å². The second-order valence-corrected chi connectivity index (χ2v) is 9.93. The zero-order valence-corrected chi connectivity index (χ0v) is 20.9. The number of aliphatic hydroxyl groups excluding tert-OH is 1. The van der Waals surface area contributed by atoms with Crippen LogP contribution in [0.25, 0.3) is 16.7 Å². The molecule has 1 fully saturated rings. The van der Waals surface area contributed by atoms with Crippen LogP contribution >= 0.6 is 34.5 Å². The Morgan fingerprint density at radius 2 is 2.00 bits per heavy atom. The number of methoxy groups -OCH3 is 1. The highest BCUT2D eigenvalue weighted by atomic mass is 35.5. The van der Waals surface area contributed by atoms with Crippen LogP contribution in [-0.2, 0) is 16.0 Å². The first-order valence-electron chi connectivity index (χ1n) is 10.8. The number of fused-ring (bicyclic) bond motifs is 1. The summed E-state index contributed by atoms with van der Waals surface area (Å²) in [6.07, 6.45) is 2.40. The molecule has 178 valence electrons. The maximum absolute atomic E-state index is 13.2. The van der Waals surface area contributed by atoms with Gasteiger partial charge in [0.1, 0.15) is 11.5 Å². The highest BCUT2D eigenvalue weighted by Crippen LogP contribution is 2.42. The zero-order valence-electron chi connectivity index (χ0n) is 18.5. The summed E-state index contributed by atoms with van der Waals surface area (Å²) in [7, 11) is 1.61. The lowest BCUT2D eigenvalue weighted by molar-refractivity contribution is -0.139. The van der Waals surface area contributed by atoms with E-state index in [1.807, 2.05) is 41.9 Å². The van der Waals surface area contributed by atoms with Crippen molar-refractivity contribution in [3.63, 3.8) is 0 Å². The second kappa shape index (κ2) is 9.41. The van der Waals surface area contributed by atoms with Crippen molar-refractivity contribution in [3.8, 4) is 5.75 Å². The average Bonchev–Trinajstić information content (AvgIpc) is 3.57. The topological polar surface area (TPSA) is 82.6 Å². The number of aromatic nitrogens is 1. The van der Waals surface area contributed by atoms with E-state index in [1.54, 1.807) is 13.2 Å². The Hall–Kier alpha value is -3.26. The van der Waals surface area contributed by atoms with Gasteiger partial charge in [-0.2, -0.15) is 0 Å². The monoisotopic (exact) mass is 526 g/mol. The third kappa shape index (κ3) is 4.20. The van der Waals surface area contributed by atoms with Gasteiger partial charge in [0.05, 0.1) is 23.7 Å². The number of carbonyl (C=O) groups is 2. The van der Waals surface area contributed by atoms with Crippen molar-refractivity contribution < 1.29 is 19.4 Å². The molecule has 4 aromatic rings. The van der Waals surface area contributed by atoms with Crippen molar-refractivity contribution in [1.29, 1.82) is 0 Å². The fraction of sp³-hybridized carbons (Fsp3) is 0.154. The van der Waals surface area contributed by atoms with Gasteiger partial charge in [0.15, 0.2) is 0 Å². The molecular formula is C26H20Cl2N2O4S. The number of aliphatic hydroxyl groups is 1. The Balaban J connectivity index is 1.54. The molecule has 1 aliphatic heterocycles. The summed E-state index contributed by atoms with van der Waals surface area (Å²) < 4.78 is 5.35. The normalized spacial score (nSPS) is 17.5. The van der Waals surface area contributed by atoms with E-state index in [0.29, 0.717) is 11.4 Å². The molecule has 3 heterocycles. The minimum Gasteiger partial charge on any atom is -0.507 e. The van der Waals surface area contributed by atoms with Crippen LogP contribution < -0.4 is 4.74 Å². The molecule has 1 unspecified atom stereocenters. The third-order valence-electron chi connectivity index (χ3n) is 6.14. The summed E-state index contributed by atoms with van der Waals surface area (Å²) in [5, 5.41) is 14.6. The van der Waals surface area contributed by atoms with Gasteiger partial charge < -0.3 is 19.7 Å². The van der Waals surface area contributed by atoms with Crippen molar-refractivity contribution in [3.05, 3.63) is 91.7 Å². The first-order chi connectivity index (χ1) is 16.9. The van der Waals surface area contributed by atoms with Crippen molar-refractivity contribution >= 4 is 62.9 Å². The fourth-order valence-electron chi connectivity index (χ4n) is 4.41. The smallest absolute Gasteiger partial charge is 0.295 e. The van der Waals surface area contributed by atoms with Crippen LogP contribution in [0.2, 0.25) is 10.0 Å². The van der Waals surface area contributed by atoms with Crippen LogP contribution in [0.4, 0.5) is 0 Å². The van der Waals surface area contributed by atoms with Crippen molar-refractivity contribution in [2.24, 2.45) is 0 Å². The molecule has 2 N–H and O–H groups in total. The molecule has 2 aromatic carbocycles. The van der Waals surface area contributed by atoms with E-state index in [4.69, 9.17) is 27.9 Å². The van der Waals surface area contributed by atoms with Crippen molar-refractivity contribution in [2.45, 2.75) is 12.5 Å². The predicted molar refractivity (Wildman–Crippen MR) is 138 cm³/mol. The van der Waals surface area contributed by atoms with Crippen LogP contribution in [0.1, 0.15) is 22.0 Å². The predicted octanol–water partition coefficient (Wildman–Crippen LogP) is 6.21. The Morgan fingerprint density at radius 3 is 2.71 bits per heavy atom. The van der Waals surface area contributed by atoms with E-state index in [-0.39, 0.29) is 28.5 Å². The van der Waals surface area contributed by atoms with E-state index in [2.05, 4.69) is 4.98 Å². The number of ketones is 1. The molecule has 9 heteroatoms. The molecular weight excluding hydrogens is 507 g/mol. The number of likely N-dealkylation sites (tertiary alicyclic amines) is 1. The molecule has 1 amide bonds. The molecule has 1 aliphatic rings. The number of carbonyl (C=O) groups excluding carboxylic acids is 2. The molecule has 1 saturated heterocycles. The zero-order chi connectivity index (χ0) is 24.7. The minimum absolute atomic E-state index is 0.0160. The fourth-order valence-corrected chi connectivity index (χ4v) is 5.76. The Morgan fingerprint density at radius 1 is 1.17 bits per heavy atom. The summed E-state index contributed by atoms with van der Waals surface area (Å²) in [5.41, 5.74) is 2.21. The van der Waals surface area contributed by atoms with Crippen LogP contribution in [0.15, 0.2) is 65.7 Å². The quantitative estimate of drug-likeness (QED) is 0.178. The molecule has 2 aromatic heterocycles. The van der Waals surface area contributed by atoms with Crippen LogP contribution in [0.5, 0.6) is 5.75 Å². The van der Waals surface area contributed by atoms with Gasteiger partial charge in [-0.05, 0) is 59.8 Å². The highest BCUT2D eigenvalue weighted by molar-refractivity contribution is 7.10. The van der Waals surface area contributed by atoms with Gasteiger partial charge >= 0.3 is 0 Å². The Kier molecular flexibility index (Phi) is 6.32. The number of amides is 1. The van der Waals surface area contributed by atoms with Crippen molar-refractivity contribution in [1.82, 2.24) is 9.88 Å². The Labute approximate surface area is 215 Å². The number of thiophene rings is 1. The van der Waals surface area contributed by atoms with Gasteiger partial charge in [0.2, 0.25) is 0 Å². The minimum atomic E-state index is -0.743. The number of H-pyrrole nitrogens is 1. The number of Topliss-reactive ketones (excluding diaryl/α,β-unsaturated/α-hetero) is 1. The maximum Gasteiger partial charge on any atom is 0.295 e. The Bertz CT molecular complexity index is 1480. The van der Waals surface area contributed by atoms with Crippen molar-refractivity contribution in [2.75, 3.05) is 13.7 Å². The molecule has 6 nitrogen and oxygen atoms in total. The lowest BCUT2D eigenvalue weighted by Gasteiger charge is -2.24. The van der Waals surface area contributed by atoms with Gasteiger partial charge in [0.25, 0.3) is 11.7 Å². The first kappa shape index (κ1) is 23.5. The maximum atomic E-state index is 13.2. The van der Waals surface area contributed by atoms with Gasteiger partial charge in [-0.1, -0.05) is 29.3 Å². The molecule has 0 radical (unpaired) electrons. The molecule has 1 atom stereocenters. The van der Waals surface area contributed by atoms with Crippen LogP contribution in [0, 0.1) is 0 Å². The second-order valence-electron chi connectivity index (χ2n) is 8.11. The average molecular weight is 527 g/mol. The molecule has 0 bridgehead atoms. The molecule has 0 spiro atoms. The summed E-state index contributed by atoms with van der Waals surface area (Å²) in [4.78, 5) is 31.9. The summed E-state index contributed by atoms with van der Waals surface area (Å²) in [6.45, 7) is 0.280. The number of halogens is 2. The standard InChI is InChI=1S/C26H20Cl2N2O4S/c1-34-16-5-7-20-18(12-16)14(13-29-20)8-9-30-23(21-3-2-10-35-21)22(25(32)26(30)33)24(31)17-6-4-15(27)11-19(17)28/h2-7,10-13,23,29,31H,8-9H2,1H3/b24-22-. The third-order valence-corrected chi connectivity index (χ3v) is 7.61. The number of rotatable bonds is 6. The molecule has 5 rings (SSSR count). The first-order valence-corrected chi connectivity index (χ1v) is 12.4. The van der Waals surface area contributed by atoms with Gasteiger partial charge in [-0.3, -0.25) is 9.59 Å². The number of ether oxygens (including phenoxy) is 1. The molecule has 35 heavy (non-hydrogen) atoms. The van der Waals surface area contributed by atoms with E-state index in [9.17, 15) is 14.7 Å². The van der Waals surface area contributed by atoms with E-state index >= 15 is 0 Å². The van der Waals surface area contributed by atoms with E-state index in [0.717, 1.165) is 27.1 Å². The number of hydrogen-bond donors (Lipinski definition) is 2. The summed E-state index contributed by atoms with van der Waals surface area (Å²) in [5.74, 6) is -0.986. The highest BCUT2D eigenvalue weighted by Gasteiger charge is 2.46.